The Labute approximate surface area is 128 Å². The number of ketones is 1. The van der Waals surface area contributed by atoms with Crippen LogP contribution in [0, 0.1) is 5.92 Å². The minimum Gasteiger partial charge on any atom is -0.462 e. The second-order valence-electron chi connectivity index (χ2n) is 5.94. The molecule has 0 radical (unpaired) electrons. The first-order valence-electron chi connectivity index (χ1n) is 7.69. The number of nitrogens with two attached hydrogens (primary N) is 1. The highest BCUT2D eigenvalue weighted by Gasteiger charge is 2.33. The normalized spacial score (nSPS) is 21.0. The van der Waals surface area contributed by atoms with E-state index in [9.17, 15) is 9.59 Å². The van der Waals surface area contributed by atoms with Crippen LogP contribution in [-0.4, -0.2) is 24.4 Å². The number of Topliss-reactive ketones (excluding diaryl/α,β-unsaturated/α-hetero) is 1. The molecular weight excluding hydrogens is 286 g/mol. The van der Waals surface area contributed by atoms with E-state index in [2.05, 4.69) is 0 Å². The molecule has 0 spiro atoms. The Morgan fingerprint density at radius 1 is 1.33 bits per heavy atom. The van der Waals surface area contributed by atoms with Crippen molar-refractivity contribution >= 4 is 23.1 Å². The van der Waals surface area contributed by atoms with E-state index in [1.165, 1.54) is 4.88 Å². The molecule has 1 aromatic heterocycles. The first kappa shape index (κ1) is 14.7. The van der Waals surface area contributed by atoms with Gasteiger partial charge in [-0.25, -0.2) is 4.79 Å². The summed E-state index contributed by atoms with van der Waals surface area (Å²) in [6, 6.07) is 0.104. The van der Waals surface area contributed by atoms with E-state index in [4.69, 9.17) is 10.5 Å². The molecule has 0 aliphatic heterocycles. The summed E-state index contributed by atoms with van der Waals surface area (Å²) in [7, 11) is 0. The van der Waals surface area contributed by atoms with Gasteiger partial charge in [-0.05, 0) is 44.6 Å². The number of hydrogen-bond acceptors (Lipinski definition) is 5. The van der Waals surface area contributed by atoms with Crippen LogP contribution in [0.5, 0.6) is 0 Å². The maximum atomic E-state index is 12.3. The maximum absolute atomic E-state index is 12.3. The molecule has 1 unspecified atom stereocenters. The fraction of sp³-hybridized carbons (Fsp3) is 0.625. The molecule has 2 aliphatic carbocycles. The molecule has 1 aromatic rings. The van der Waals surface area contributed by atoms with E-state index < -0.39 is 0 Å². The van der Waals surface area contributed by atoms with Gasteiger partial charge in [0.1, 0.15) is 5.78 Å². The molecule has 0 bridgehead atoms. The van der Waals surface area contributed by atoms with Gasteiger partial charge in [-0.2, -0.15) is 0 Å². The van der Waals surface area contributed by atoms with Crippen molar-refractivity contribution in [3.05, 3.63) is 20.9 Å². The minimum atomic E-state index is -0.289. The van der Waals surface area contributed by atoms with Crippen molar-refractivity contribution in [2.75, 3.05) is 6.61 Å². The average Bonchev–Trinajstić information content (AvgIpc) is 3.22. The molecule has 2 aliphatic rings. The van der Waals surface area contributed by atoms with E-state index in [1.807, 2.05) is 0 Å². The van der Waals surface area contributed by atoms with Crippen LogP contribution in [0.15, 0.2) is 0 Å². The van der Waals surface area contributed by atoms with Crippen molar-refractivity contribution in [2.45, 2.75) is 51.5 Å². The molecule has 1 saturated carbocycles. The van der Waals surface area contributed by atoms with Crippen LogP contribution in [0.3, 0.4) is 0 Å². The quantitative estimate of drug-likeness (QED) is 0.847. The standard InChI is InChI=1S/C16H21NO3S/c1-2-20-16(19)15-11-7-10(17)5-6-13(11)21-14(15)8-12(18)9-3-4-9/h9-10H,2-8,17H2,1H3. The van der Waals surface area contributed by atoms with Gasteiger partial charge in [0.05, 0.1) is 12.2 Å². The van der Waals surface area contributed by atoms with Gasteiger partial charge in [0, 0.05) is 28.1 Å². The van der Waals surface area contributed by atoms with Crippen molar-refractivity contribution < 1.29 is 14.3 Å². The molecule has 21 heavy (non-hydrogen) atoms. The predicted octanol–water partition coefficient (Wildman–Crippen LogP) is 2.26. The van der Waals surface area contributed by atoms with Crippen LogP contribution in [-0.2, 0) is 28.8 Å². The highest BCUT2D eigenvalue weighted by atomic mass is 32.1. The molecule has 2 N–H and O–H groups in total. The summed E-state index contributed by atoms with van der Waals surface area (Å²) in [6.45, 7) is 2.16. The Bertz CT molecular complexity index is 574. The number of carbonyl (C=O) groups excluding carboxylic acids is 2. The smallest absolute Gasteiger partial charge is 0.339 e. The number of rotatable bonds is 5. The molecule has 4 nitrogen and oxygen atoms in total. The van der Waals surface area contributed by atoms with Gasteiger partial charge in [0.25, 0.3) is 0 Å². The third-order valence-electron chi connectivity index (χ3n) is 4.22. The molecule has 0 amide bonds. The highest BCUT2D eigenvalue weighted by molar-refractivity contribution is 7.12. The van der Waals surface area contributed by atoms with Crippen molar-refractivity contribution in [2.24, 2.45) is 11.7 Å². The van der Waals surface area contributed by atoms with Gasteiger partial charge < -0.3 is 10.5 Å². The lowest BCUT2D eigenvalue weighted by Crippen LogP contribution is -2.28. The summed E-state index contributed by atoms with van der Waals surface area (Å²) in [5, 5.41) is 0. The fourth-order valence-corrected chi connectivity index (χ4v) is 4.29. The van der Waals surface area contributed by atoms with E-state index in [1.54, 1.807) is 18.3 Å². The Morgan fingerprint density at radius 2 is 2.10 bits per heavy atom. The van der Waals surface area contributed by atoms with Crippen LogP contribution in [0.1, 0.15) is 51.9 Å². The fourth-order valence-electron chi connectivity index (χ4n) is 2.94. The molecule has 1 fully saturated rings. The van der Waals surface area contributed by atoms with Crippen molar-refractivity contribution in [1.82, 2.24) is 0 Å². The zero-order valence-electron chi connectivity index (χ0n) is 12.3. The van der Waals surface area contributed by atoms with E-state index in [-0.39, 0.29) is 23.7 Å². The van der Waals surface area contributed by atoms with Crippen LogP contribution >= 0.6 is 11.3 Å². The monoisotopic (exact) mass is 307 g/mol. The molecule has 114 valence electrons. The van der Waals surface area contributed by atoms with Crippen molar-refractivity contribution in [3.63, 3.8) is 0 Å². The molecular formula is C16H21NO3S. The SMILES string of the molecule is CCOC(=O)c1c(CC(=O)C2CC2)sc2c1CC(N)CC2. The number of thiophene rings is 1. The van der Waals surface area contributed by atoms with Crippen LogP contribution in [0.2, 0.25) is 0 Å². The Kier molecular flexibility index (Phi) is 4.13. The predicted molar refractivity (Wildman–Crippen MR) is 81.7 cm³/mol. The summed E-state index contributed by atoms with van der Waals surface area (Å²) < 4.78 is 5.20. The zero-order valence-corrected chi connectivity index (χ0v) is 13.1. The van der Waals surface area contributed by atoms with Crippen LogP contribution in [0.4, 0.5) is 0 Å². The number of fused-ring (bicyclic) bond motifs is 1. The summed E-state index contributed by atoms with van der Waals surface area (Å²) in [4.78, 5) is 26.5. The van der Waals surface area contributed by atoms with Gasteiger partial charge in [0.15, 0.2) is 0 Å². The topological polar surface area (TPSA) is 69.4 Å². The maximum Gasteiger partial charge on any atom is 0.339 e. The van der Waals surface area contributed by atoms with Crippen molar-refractivity contribution in [3.8, 4) is 0 Å². The Balaban J connectivity index is 1.93. The van der Waals surface area contributed by atoms with Gasteiger partial charge >= 0.3 is 5.97 Å². The molecule has 0 saturated heterocycles. The van der Waals surface area contributed by atoms with E-state index in [0.29, 0.717) is 18.6 Å². The summed E-state index contributed by atoms with van der Waals surface area (Å²) in [5.41, 5.74) is 7.72. The van der Waals surface area contributed by atoms with Crippen LogP contribution < -0.4 is 5.73 Å². The average molecular weight is 307 g/mol. The van der Waals surface area contributed by atoms with E-state index >= 15 is 0 Å². The number of carbonyl (C=O) groups is 2. The van der Waals surface area contributed by atoms with E-state index in [0.717, 1.165) is 42.5 Å². The molecule has 1 atom stereocenters. The summed E-state index contributed by atoms with van der Waals surface area (Å²) >= 11 is 1.61. The third-order valence-corrected chi connectivity index (χ3v) is 5.51. The first-order chi connectivity index (χ1) is 10.1. The zero-order chi connectivity index (χ0) is 15.0. The largest absolute Gasteiger partial charge is 0.462 e. The lowest BCUT2D eigenvalue weighted by Gasteiger charge is -2.18. The van der Waals surface area contributed by atoms with Gasteiger partial charge in [-0.1, -0.05) is 0 Å². The third kappa shape index (κ3) is 3.04. The molecule has 3 rings (SSSR count). The lowest BCUT2D eigenvalue weighted by molar-refractivity contribution is -0.119. The van der Waals surface area contributed by atoms with Gasteiger partial charge in [0.2, 0.25) is 0 Å². The number of esters is 1. The van der Waals surface area contributed by atoms with Gasteiger partial charge in [-0.3, -0.25) is 4.79 Å². The molecule has 5 heteroatoms. The number of aryl methyl sites for hydroxylation is 1. The lowest BCUT2D eigenvalue weighted by atomic mass is 9.91. The molecule has 0 aromatic carbocycles. The highest BCUT2D eigenvalue weighted by Crippen LogP contribution is 2.37. The minimum absolute atomic E-state index is 0.104. The molecule has 1 heterocycles. The van der Waals surface area contributed by atoms with Crippen LogP contribution in [0.25, 0.3) is 0 Å². The summed E-state index contributed by atoms with van der Waals surface area (Å²) in [6.07, 6.45) is 4.97. The Morgan fingerprint density at radius 3 is 2.76 bits per heavy atom. The second kappa shape index (κ2) is 5.89. The second-order valence-corrected chi connectivity index (χ2v) is 7.13. The summed E-state index contributed by atoms with van der Waals surface area (Å²) in [5.74, 6) is 0.201. The van der Waals surface area contributed by atoms with Gasteiger partial charge in [-0.15, -0.1) is 11.3 Å². The number of ether oxygens (including phenoxy) is 1. The number of hydrogen-bond donors (Lipinski definition) is 1. The van der Waals surface area contributed by atoms with Crippen molar-refractivity contribution in [1.29, 1.82) is 0 Å². The first-order valence-corrected chi connectivity index (χ1v) is 8.50. The Hall–Kier alpha value is -1.20.